The molecule has 4 rings (SSSR count). The molecule has 3 aromatic rings. The normalized spacial score (nSPS) is 14.1. The molecule has 1 saturated carbocycles. The Morgan fingerprint density at radius 1 is 1.26 bits per heavy atom. The Labute approximate surface area is 186 Å². The molecule has 0 radical (unpaired) electrons. The number of para-hydroxylation sites is 1. The van der Waals surface area contributed by atoms with Gasteiger partial charge in [-0.3, -0.25) is 24.3 Å². The van der Waals surface area contributed by atoms with Crippen molar-refractivity contribution in [2.75, 3.05) is 11.1 Å². The molecule has 1 N–H and O–H groups in total. The van der Waals surface area contributed by atoms with Gasteiger partial charge in [0.15, 0.2) is 5.16 Å². The first-order chi connectivity index (χ1) is 14.9. The average molecular weight is 459 g/mol. The lowest BCUT2D eigenvalue weighted by Gasteiger charge is -2.18. The number of hydrogen-bond acceptors (Lipinski definition) is 6. The van der Waals surface area contributed by atoms with Gasteiger partial charge in [0.05, 0.1) is 32.3 Å². The molecule has 1 heterocycles. The number of fused-ring (bicyclic) bond motifs is 1. The summed E-state index contributed by atoms with van der Waals surface area (Å²) in [6.45, 7) is 0. The fourth-order valence-electron chi connectivity index (χ4n) is 3.75. The third-order valence-electron chi connectivity index (χ3n) is 5.23. The average Bonchev–Trinajstić information content (AvgIpc) is 3.28. The van der Waals surface area contributed by atoms with Gasteiger partial charge in [-0.15, -0.1) is 0 Å². The summed E-state index contributed by atoms with van der Waals surface area (Å²) in [5.74, 6) is -0.413. The van der Waals surface area contributed by atoms with E-state index >= 15 is 0 Å². The minimum Gasteiger partial charge on any atom is -0.324 e. The highest BCUT2D eigenvalue weighted by Crippen LogP contribution is 2.32. The Balaban J connectivity index is 1.58. The lowest BCUT2D eigenvalue weighted by Crippen LogP contribution is -2.27. The van der Waals surface area contributed by atoms with E-state index in [1.807, 2.05) is 12.1 Å². The number of nitro benzene ring substituents is 1. The highest BCUT2D eigenvalue weighted by Gasteiger charge is 2.23. The molecule has 0 spiro atoms. The first kappa shape index (κ1) is 21.3. The van der Waals surface area contributed by atoms with Crippen LogP contribution in [0.4, 0.5) is 11.4 Å². The molecule has 160 valence electrons. The van der Waals surface area contributed by atoms with Gasteiger partial charge < -0.3 is 5.32 Å². The standard InChI is InChI=1S/C21H19ClN4O4S/c22-16-10-9-14(26(29)30)11-18(16)23-19(27)12-31-21-24-17-8-4-3-7-15(17)20(28)25(21)13-5-1-2-6-13/h3-4,7-11,13H,1-2,5-6,12H2,(H,23,27). The molecule has 0 aliphatic heterocycles. The van der Waals surface area contributed by atoms with Crippen LogP contribution < -0.4 is 10.9 Å². The number of carbonyl (C=O) groups is 1. The zero-order chi connectivity index (χ0) is 22.0. The summed E-state index contributed by atoms with van der Waals surface area (Å²) in [4.78, 5) is 40.7. The van der Waals surface area contributed by atoms with Crippen molar-refractivity contribution in [3.8, 4) is 0 Å². The zero-order valence-electron chi connectivity index (χ0n) is 16.4. The Morgan fingerprint density at radius 3 is 2.74 bits per heavy atom. The smallest absolute Gasteiger partial charge is 0.271 e. The minimum atomic E-state index is -0.556. The SMILES string of the molecule is O=C(CSc1nc2ccccc2c(=O)n1C1CCCC1)Nc1cc([N+](=O)[O-])ccc1Cl. The van der Waals surface area contributed by atoms with E-state index in [2.05, 4.69) is 10.3 Å². The first-order valence-corrected chi connectivity index (χ1v) is 11.2. The van der Waals surface area contributed by atoms with Gasteiger partial charge in [-0.25, -0.2) is 4.98 Å². The maximum absolute atomic E-state index is 13.1. The van der Waals surface area contributed by atoms with Crippen molar-refractivity contribution in [2.45, 2.75) is 36.9 Å². The van der Waals surface area contributed by atoms with Crippen molar-refractivity contribution < 1.29 is 9.72 Å². The number of halogens is 1. The number of nitrogens with zero attached hydrogens (tertiary/aromatic N) is 3. The molecule has 1 aromatic heterocycles. The Hall–Kier alpha value is -2.91. The van der Waals surface area contributed by atoms with Crippen LogP contribution in [0.15, 0.2) is 52.4 Å². The van der Waals surface area contributed by atoms with E-state index in [4.69, 9.17) is 11.6 Å². The highest BCUT2D eigenvalue weighted by molar-refractivity contribution is 7.99. The summed E-state index contributed by atoms with van der Waals surface area (Å²) in [6, 6.07) is 11.1. The number of nitrogens with one attached hydrogen (secondary N) is 1. The molecule has 1 amide bonds. The zero-order valence-corrected chi connectivity index (χ0v) is 18.0. The summed E-state index contributed by atoms with van der Waals surface area (Å²) < 4.78 is 1.72. The number of nitro groups is 1. The largest absolute Gasteiger partial charge is 0.324 e. The molecular formula is C21H19ClN4O4S. The number of non-ortho nitro benzene ring substituents is 1. The van der Waals surface area contributed by atoms with Crippen molar-refractivity contribution in [3.05, 3.63) is 68.0 Å². The number of rotatable bonds is 6. The van der Waals surface area contributed by atoms with Crippen LogP contribution in [0, 0.1) is 10.1 Å². The van der Waals surface area contributed by atoms with Gasteiger partial charge in [0.25, 0.3) is 11.2 Å². The van der Waals surface area contributed by atoms with Crippen LogP contribution >= 0.6 is 23.4 Å². The summed E-state index contributed by atoms with van der Waals surface area (Å²) in [7, 11) is 0. The fraction of sp³-hybridized carbons (Fsp3) is 0.286. The summed E-state index contributed by atoms with van der Waals surface area (Å²) in [5, 5.41) is 14.8. The third-order valence-corrected chi connectivity index (χ3v) is 6.51. The molecule has 0 bridgehead atoms. The third kappa shape index (κ3) is 4.57. The molecule has 0 saturated heterocycles. The maximum Gasteiger partial charge on any atom is 0.271 e. The van der Waals surface area contributed by atoms with Crippen LogP contribution in [-0.2, 0) is 4.79 Å². The summed E-state index contributed by atoms with van der Waals surface area (Å²) >= 11 is 7.23. The van der Waals surface area contributed by atoms with E-state index in [1.54, 1.807) is 16.7 Å². The monoisotopic (exact) mass is 458 g/mol. The number of carbonyl (C=O) groups excluding carboxylic acids is 1. The van der Waals surface area contributed by atoms with Gasteiger partial charge >= 0.3 is 0 Å². The van der Waals surface area contributed by atoms with Crippen molar-refractivity contribution in [3.63, 3.8) is 0 Å². The maximum atomic E-state index is 13.1. The Kier molecular flexibility index (Phi) is 6.24. The molecule has 0 unspecified atom stereocenters. The number of hydrogen-bond donors (Lipinski definition) is 1. The van der Waals surface area contributed by atoms with Crippen molar-refractivity contribution in [2.24, 2.45) is 0 Å². The number of thioether (sulfide) groups is 1. The van der Waals surface area contributed by atoms with Crippen LogP contribution in [0.3, 0.4) is 0 Å². The van der Waals surface area contributed by atoms with E-state index in [0.29, 0.717) is 16.1 Å². The van der Waals surface area contributed by atoms with Gasteiger partial charge in [0.2, 0.25) is 5.91 Å². The Bertz CT molecular complexity index is 1220. The van der Waals surface area contributed by atoms with Crippen molar-refractivity contribution in [1.82, 2.24) is 9.55 Å². The second-order valence-electron chi connectivity index (χ2n) is 7.28. The second kappa shape index (κ2) is 9.07. The predicted molar refractivity (Wildman–Crippen MR) is 121 cm³/mol. The van der Waals surface area contributed by atoms with Gasteiger partial charge in [0, 0.05) is 18.2 Å². The number of anilines is 1. The Morgan fingerprint density at radius 2 is 2.00 bits per heavy atom. The fourth-order valence-corrected chi connectivity index (χ4v) is 4.78. The van der Waals surface area contributed by atoms with Gasteiger partial charge in [-0.1, -0.05) is 48.3 Å². The molecule has 2 aromatic carbocycles. The van der Waals surface area contributed by atoms with E-state index in [9.17, 15) is 19.7 Å². The van der Waals surface area contributed by atoms with Crippen LogP contribution in [0.5, 0.6) is 0 Å². The molecule has 1 aliphatic carbocycles. The highest BCUT2D eigenvalue weighted by atomic mass is 35.5. The predicted octanol–water partition coefficient (Wildman–Crippen LogP) is 4.80. The number of amides is 1. The molecule has 10 heteroatoms. The van der Waals surface area contributed by atoms with Crippen LogP contribution in [0.2, 0.25) is 5.02 Å². The summed E-state index contributed by atoms with van der Waals surface area (Å²) in [6.07, 6.45) is 3.92. The van der Waals surface area contributed by atoms with Crippen LogP contribution in [0.25, 0.3) is 10.9 Å². The molecular weight excluding hydrogens is 440 g/mol. The number of benzene rings is 2. The quantitative estimate of drug-likeness (QED) is 0.246. The first-order valence-electron chi connectivity index (χ1n) is 9.82. The lowest BCUT2D eigenvalue weighted by atomic mass is 10.2. The topological polar surface area (TPSA) is 107 Å². The molecule has 1 aliphatic rings. The van der Waals surface area contributed by atoms with Crippen molar-refractivity contribution >= 4 is 51.5 Å². The summed E-state index contributed by atoms with van der Waals surface area (Å²) in [5.41, 5.74) is 0.494. The lowest BCUT2D eigenvalue weighted by molar-refractivity contribution is -0.384. The minimum absolute atomic E-state index is 0.0173. The molecule has 31 heavy (non-hydrogen) atoms. The van der Waals surface area contributed by atoms with E-state index in [0.717, 1.165) is 25.7 Å². The molecule has 0 atom stereocenters. The number of aromatic nitrogens is 2. The van der Waals surface area contributed by atoms with E-state index < -0.39 is 10.8 Å². The second-order valence-corrected chi connectivity index (χ2v) is 8.63. The van der Waals surface area contributed by atoms with Crippen LogP contribution in [0.1, 0.15) is 31.7 Å². The van der Waals surface area contributed by atoms with Gasteiger partial charge in [0.1, 0.15) is 0 Å². The van der Waals surface area contributed by atoms with E-state index in [-0.39, 0.29) is 33.8 Å². The molecule has 8 nitrogen and oxygen atoms in total. The van der Waals surface area contributed by atoms with Gasteiger partial charge in [-0.05, 0) is 31.0 Å². The van der Waals surface area contributed by atoms with Crippen molar-refractivity contribution in [1.29, 1.82) is 0 Å². The molecule has 1 fully saturated rings. The van der Waals surface area contributed by atoms with Crippen LogP contribution in [-0.4, -0.2) is 26.1 Å². The van der Waals surface area contributed by atoms with E-state index in [1.165, 1.54) is 30.0 Å². The van der Waals surface area contributed by atoms with Gasteiger partial charge in [-0.2, -0.15) is 0 Å².